The van der Waals surface area contributed by atoms with Crippen LogP contribution in [0.3, 0.4) is 0 Å². The van der Waals surface area contributed by atoms with E-state index < -0.39 is 15.4 Å². The van der Waals surface area contributed by atoms with Crippen molar-refractivity contribution in [1.82, 2.24) is 5.32 Å². The van der Waals surface area contributed by atoms with E-state index in [0.29, 0.717) is 0 Å². The minimum Gasteiger partial charge on any atom is -0.347 e. The molecular formula is C13H18BrNO3S. The second-order valence-corrected chi connectivity index (χ2v) is 8.15. The van der Waals surface area contributed by atoms with Gasteiger partial charge in [-0.15, -0.1) is 0 Å². The predicted octanol–water partition coefficient (Wildman–Crippen LogP) is 2.24. The second-order valence-electron chi connectivity index (χ2n) is 5.03. The third-order valence-corrected chi connectivity index (χ3v) is 4.34. The van der Waals surface area contributed by atoms with Gasteiger partial charge in [0.25, 0.3) is 0 Å². The first-order chi connectivity index (χ1) is 8.62. The van der Waals surface area contributed by atoms with E-state index in [4.69, 9.17) is 0 Å². The van der Waals surface area contributed by atoms with Gasteiger partial charge in [-0.05, 0) is 25.5 Å². The van der Waals surface area contributed by atoms with Gasteiger partial charge < -0.3 is 5.32 Å². The second kappa shape index (κ2) is 6.05. The highest BCUT2D eigenvalue weighted by Gasteiger charge is 2.25. The zero-order valence-corrected chi connectivity index (χ0v) is 13.6. The smallest absolute Gasteiger partial charge is 0.221 e. The number of rotatable bonds is 5. The molecule has 19 heavy (non-hydrogen) atoms. The molecule has 1 N–H and O–H groups in total. The normalized spacial score (nSPS) is 12.2. The van der Waals surface area contributed by atoms with Crippen LogP contribution < -0.4 is 5.32 Å². The Hall–Kier alpha value is -0.880. The molecule has 0 unspecified atom stereocenters. The summed E-state index contributed by atoms with van der Waals surface area (Å²) >= 11 is 3.45. The maximum Gasteiger partial charge on any atom is 0.221 e. The van der Waals surface area contributed by atoms with Crippen molar-refractivity contribution in [1.29, 1.82) is 0 Å². The first kappa shape index (κ1) is 16.2. The Morgan fingerprint density at radius 2 is 1.89 bits per heavy atom. The lowest BCUT2D eigenvalue weighted by Gasteiger charge is -2.28. The third-order valence-electron chi connectivity index (χ3n) is 2.70. The first-order valence-corrected chi connectivity index (χ1v) is 8.71. The van der Waals surface area contributed by atoms with Crippen molar-refractivity contribution < 1.29 is 13.2 Å². The van der Waals surface area contributed by atoms with Gasteiger partial charge in [0.2, 0.25) is 5.91 Å². The van der Waals surface area contributed by atoms with E-state index >= 15 is 0 Å². The summed E-state index contributed by atoms with van der Waals surface area (Å²) in [4.78, 5) is 11.8. The van der Waals surface area contributed by atoms with Gasteiger partial charge in [-0.2, -0.15) is 0 Å². The Morgan fingerprint density at radius 3 is 2.42 bits per heavy atom. The molecule has 0 aliphatic heterocycles. The van der Waals surface area contributed by atoms with Gasteiger partial charge in [0, 0.05) is 17.1 Å². The van der Waals surface area contributed by atoms with Crippen molar-refractivity contribution >= 4 is 31.7 Å². The van der Waals surface area contributed by atoms with E-state index in [2.05, 4.69) is 21.2 Å². The standard InChI is InChI=1S/C13H18BrNO3S/c1-13(2,10-6-4-5-7-11(10)14)15-12(16)8-9-19(3,17)18/h4-7H,8-9H2,1-3H3,(H,15,16). The van der Waals surface area contributed by atoms with Gasteiger partial charge in [-0.3, -0.25) is 4.79 Å². The number of benzene rings is 1. The van der Waals surface area contributed by atoms with E-state index in [-0.39, 0.29) is 18.1 Å². The highest BCUT2D eigenvalue weighted by molar-refractivity contribution is 9.10. The number of nitrogens with one attached hydrogen (secondary N) is 1. The minimum atomic E-state index is -3.12. The minimum absolute atomic E-state index is 0.0211. The highest BCUT2D eigenvalue weighted by atomic mass is 79.9. The molecule has 0 heterocycles. The molecule has 1 aromatic rings. The van der Waals surface area contributed by atoms with Crippen LogP contribution in [0.15, 0.2) is 28.7 Å². The lowest BCUT2D eigenvalue weighted by molar-refractivity contribution is -0.122. The molecule has 4 nitrogen and oxygen atoms in total. The van der Waals surface area contributed by atoms with Crippen molar-refractivity contribution in [2.45, 2.75) is 25.8 Å². The van der Waals surface area contributed by atoms with Crippen LogP contribution >= 0.6 is 15.9 Å². The zero-order valence-electron chi connectivity index (χ0n) is 11.2. The fourth-order valence-electron chi connectivity index (χ4n) is 1.72. The summed E-state index contributed by atoms with van der Waals surface area (Å²) in [5.74, 6) is -0.406. The Kier molecular flexibility index (Phi) is 5.15. The van der Waals surface area contributed by atoms with Crippen LogP contribution in [0.4, 0.5) is 0 Å². The summed E-state index contributed by atoms with van der Waals surface area (Å²) in [6, 6.07) is 7.61. The quantitative estimate of drug-likeness (QED) is 0.888. The number of sulfone groups is 1. The summed E-state index contributed by atoms with van der Waals surface area (Å²) in [7, 11) is -3.12. The van der Waals surface area contributed by atoms with Crippen molar-refractivity contribution in [3.05, 3.63) is 34.3 Å². The van der Waals surface area contributed by atoms with Crippen molar-refractivity contribution in [3.63, 3.8) is 0 Å². The van der Waals surface area contributed by atoms with E-state index in [1.807, 2.05) is 38.1 Å². The molecule has 0 bridgehead atoms. The molecule has 0 fully saturated rings. The lowest BCUT2D eigenvalue weighted by atomic mass is 9.94. The van der Waals surface area contributed by atoms with Crippen LogP contribution in [0.2, 0.25) is 0 Å². The average Bonchev–Trinajstić information content (AvgIpc) is 2.25. The zero-order chi connectivity index (χ0) is 14.7. The largest absolute Gasteiger partial charge is 0.347 e. The maximum atomic E-state index is 11.8. The van der Waals surface area contributed by atoms with Gasteiger partial charge in [-0.1, -0.05) is 34.1 Å². The SMILES string of the molecule is CC(C)(NC(=O)CCS(C)(=O)=O)c1ccccc1Br. The van der Waals surface area contributed by atoms with Crippen molar-refractivity contribution in [2.24, 2.45) is 0 Å². The Morgan fingerprint density at radius 1 is 1.32 bits per heavy atom. The topological polar surface area (TPSA) is 63.2 Å². The monoisotopic (exact) mass is 347 g/mol. The van der Waals surface area contributed by atoms with Gasteiger partial charge in [0.05, 0.1) is 11.3 Å². The van der Waals surface area contributed by atoms with E-state index in [0.717, 1.165) is 16.3 Å². The number of amides is 1. The van der Waals surface area contributed by atoms with Gasteiger partial charge in [0.1, 0.15) is 9.84 Å². The van der Waals surface area contributed by atoms with Crippen LogP contribution in [-0.4, -0.2) is 26.3 Å². The van der Waals surface area contributed by atoms with Crippen molar-refractivity contribution in [3.8, 4) is 0 Å². The molecular weight excluding hydrogens is 330 g/mol. The van der Waals surface area contributed by atoms with Crippen LogP contribution in [0, 0.1) is 0 Å². The lowest BCUT2D eigenvalue weighted by Crippen LogP contribution is -2.41. The Bertz CT molecular complexity index is 567. The Balaban J connectivity index is 2.75. The summed E-state index contributed by atoms with van der Waals surface area (Å²) in [5.41, 5.74) is 0.386. The molecule has 1 rings (SSSR count). The maximum absolute atomic E-state index is 11.8. The Labute approximate surface area is 122 Å². The number of hydrogen-bond acceptors (Lipinski definition) is 3. The van der Waals surface area contributed by atoms with Gasteiger partial charge in [0.15, 0.2) is 0 Å². The van der Waals surface area contributed by atoms with Gasteiger partial charge in [-0.25, -0.2) is 8.42 Å². The molecule has 0 aliphatic carbocycles. The predicted molar refractivity (Wildman–Crippen MR) is 79.6 cm³/mol. The molecule has 0 aliphatic rings. The first-order valence-electron chi connectivity index (χ1n) is 5.85. The fourth-order valence-corrected chi connectivity index (χ4v) is 3.06. The molecule has 1 aromatic carbocycles. The molecule has 0 spiro atoms. The number of halogens is 1. The molecule has 6 heteroatoms. The van der Waals surface area contributed by atoms with Crippen LogP contribution in [0.5, 0.6) is 0 Å². The van der Waals surface area contributed by atoms with E-state index in [9.17, 15) is 13.2 Å². The number of carbonyl (C=O) groups is 1. The van der Waals surface area contributed by atoms with Crippen LogP contribution in [0.25, 0.3) is 0 Å². The molecule has 0 aromatic heterocycles. The number of carbonyl (C=O) groups excluding carboxylic acids is 1. The molecule has 0 saturated carbocycles. The summed E-state index contributed by atoms with van der Waals surface area (Å²) in [5, 5.41) is 2.85. The van der Waals surface area contributed by atoms with Crippen molar-refractivity contribution in [2.75, 3.05) is 12.0 Å². The third kappa shape index (κ3) is 5.32. The molecule has 0 atom stereocenters. The number of hydrogen-bond donors (Lipinski definition) is 1. The molecule has 0 radical (unpaired) electrons. The highest BCUT2D eigenvalue weighted by Crippen LogP contribution is 2.27. The van der Waals surface area contributed by atoms with E-state index in [1.165, 1.54) is 0 Å². The molecule has 106 valence electrons. The van der Waals surface area contributed by atoms with E-state index in [1.54, 1.807) is 0 Å². The summed E-state index contributed by atoms with van der Waals surface area (Å²) in [6.45, 7) is 3.76. The fraction of sp³-hybridized carbons (Fsp3) is 0.462. The average molecular weight is 348 g/mol. The molecule has 0 saturated heterocycles. The summed E-state index contributed by atoms with van der Waals surface area (Å²) < 4.78 is 23.0. The summed E-state index contributed by atoms with van der Waals surface area (Å²) in [6.07, 6.45) is 1.10. The molecule has 1 amide bonds. The van der Waals surface area contributed by atoms with Crippen LogP contribution in [0.1, 0.15) is 25.8 Å². The van der Waals surface area contributed by atoms with Gasteiger partial charge >= 0.3 is 0 Å². The van der Waals surface area contributed by atoms with Crippen LogP contribution in [-0.2, 0) is 20.2 Å².